The van der Waals surface area contributed by atoms with Gasteiger partial charge < -0.3 is 14.7 Å². The fourth-order valence-electron chi connectivity index (χ4n) is 3.31. The molecule has 0 aromatic heterocycles. The first-order valence-corrected chi connectivity index (χ1v) is 9.73. The van der Waals surface area contributed by atoms with Crippen LogP contribution in [0.15, 0.2) is 53.4 Å². The van der Waals surface area contributed by atoms with Gasteiger partial charge in [0.05, 0.1) is 6.42 Å². The van der Waals surface area contributed by atoms with E-state index in [0.717, 1.165) is 30.8 Å². The van der Waals surface area contributed by atoms with E-state index in [1.54, 1.807) is 11.8 Å². The molecule has 132 valence electrons. The molecule has 0 amide bonds. The zero-order chi connectivity index (χ0) is 17.6. The number of thioether (sulfide) groups is 1. The van der Waals surface area contributed by atoms with E-state index in [-0.39, 0.29) is 12.5 Å². The highest BCUT2D eigenvalue weighted by molar-refractivity contribution is 7.98. The van der Waals surface area contributed by atoms with Crippen molar-refractivity contribution < 1.29 is 14.6 Å². The third-order valence-electron chi connectivity index (χ3n) is 4.54. The summed E-state index contributed by atoms with van der Waals surface area (Å²) in [6.07, 6.45) is 4.25. The number of rotatable bonds is 7. The first-order chi connectivity index (χ1) is 12.2. The van der Waals surface area contributed by atoms with Gasteiger partial charge in [0.2, 0.25) is 0 Å². The number of carboxylic acids is 1. The smallest absolute Gasteiger partial charge is 0.305 e. The molecule has 1 aliphatic rings. The maximum Gasteiger partial charge on any atom is 0.305 e. The van der Waals surface area contributed by atoms with Crippen molar-refractivity contribution in [3.63, 3.8) is 0 Å². The van der Waals surface area contributed by atoms with Crippen LogP contribution < -0.4 is 9.64 Å². The van der Waals surface area contributed by atoms with Gasteiger partial charge >= 0.3 is 5.97 Å². The third kappa shape index (κ3) is 4.48. The summed E-state index contributed by atoms with van der Waals surface area (Å²) in [5, 5.41) is 9.06. The molecule has 25 heavy (non-hydrogen) atoms. The Morgan fingerprint density at radius 2 is 2.00 bits per heavy atom. The molecule has 1 fully saturated rings. The van der Waals surface area contributed by atoms with E-state index in [0.29, 0.717) is 6.61 Å². The Labute approximate surface area is 152 Å². The number of nitrogens with zero attached hydrogens (tertiary/aromatic N) is 1. The maximum atomic E-state index is 11.0. The molecule has 1 saturated heterocycles. The van der Waals surface area contributed by atoms with Crippen LogP contribution in [0.5, 0.6) is 5.75 Å². The van der Waals surface area contributed by atoms with Crippen molar-refractivity contribution in [2.24, 2.45) is 0 Å². The van der Waals surface area contributed by atoms with Gasteiger partial charge in [-0.1, -0.05) is 18.2 Å². The minimum atomic E-state index is -0.732. The van der Waals surface area contributed by atoms with E-state index >= 15 is 0 Å². The van der Waals surface area contributed by atoms with E-state index in [1.807, 2.05) is 36.4 Å². The molecule has 0 radical (unpaired) electrons. The van der Waals surface area contributed by atoms with Gasteiger partial charge in [0.25, 0.3) is 0 Å². The van der Waals surface area contributed by atoms with Gasteiger partial charge in [0, 0.05) is 28.7 Å². The van der Waals surface area contributed by atoms with Crippen molar-refractivity contribution in [2.45, 2.75) is 36.8 Å². The number of carbonyl (C=O) groups is 1. The Kier molecular flexibility index (Phi) is 5.87. The number of carboxylic acid groups (broad SMARTS) is 1. The van der Waals surface area contributed by atoms with E-state index in [4.69, 9.17) is 9.84 Å². The van der Waals surface area contributed by atoms with Gasteiger partial charge in [-0.3, -0.25) is 4.79 Å². The van der Waals surface area contributed by atoms with Gasteiger partial charge in [0.15, 0.2) is 0 Å². The monoisotopic (exact) mass is 357 g/mol. The van der Waals surface area contributed by atoms with Gasteiger partial charge in [-0.25, -0.2) is 0 Å². The predicted molar refractivity (Wildman–Crippen MR) is 102 cm³/mol. The summed E-state index contributed by atoms with van der Waals surface area (Å²) < 4.78 is 5.92. The van der Waals surface area contributed by atoms with E-state index in [2.05, 4.69) is 23.3 Å². The minimum Gasteiger partial charge on any atom is -0.489 e. The molecule has 0 saturated carbocycles. The normalized spacial score (nSPS) is 16.8. The van der Waals surface area contributed by atoms with Crippen LogP contribution in [-0.2, 0) is 11.4 Å². The fraction of sp³-hybridized carbons (Fsp3) is 0.350. The number of aliphatic carboxylic acids is 1. The van der Waals surface area contributed by atoms with Crippen LogP contribution in [0, 0.1) is 0 Å². The molecule has 4 nitrogen and oxygen atoms in total. The lowest BCUT2D eigenvalue weighted by Gasteiger charge is -2.25. The summed E-state index contributed by atoms with van der Waals surface area (Å²) in [6, 6.07) is 16.3. The molecule has 5 heteroatoms. The summed E-state index contributed by atoms with van der Waals surface area (Å²) in [4.78, 5) is 14.4. The number of hydrogen-bond acceptors (Lipinski definition) is 4. The molecule has 2 aromatic rings. The van der Waals surface area contributed by atoms with Gasteiger partial charge in [-0.05, 0) is 49.4 Å². The first kappa shape index (κ1) is 17.7. The van der Waals surface area contributed by atoms with Crippen molar-refractivity contribution in [1.29, 1.82) is 0 Å². The van der Waals surface area contributed by atoms with Crippen LogP contribution in [0.25, 0.3) is 0 Å². The van der Waals surface area contributed by atoms with Crippen LogP contribution in [0.4, 0.5) is 5.69 Å². The molecule has 1 aliphatic heterocycles. The summed E-state index contributed by atoms with van der Waals surface area (Å²) in [7, 11) is 0. The lowest BCUT2D eigenvalue weighted by atomic mass is 10.1. The average Bonchev–Trinajstić information content (AvgIpc) is 3.08. The largest absolute Gasteiger partial charge is 0.489 e. The minimum absolute atomic E-state index is 0.0951. The molecule has 0 bridgehead atoms. The molecular formula is C20H23NO3S. The highest BCUT2D eigenvalue weighted by atomic mass is 32.2. The fourth-order valence-corrected chi connectivity index (χ4v) is 3.91. The molecular weight excluding hydrogens is 334 g/mol. The molecule has 0 aliphatic carbocycles. The van der Waals surface area contributed by atoms with Crippen LogP contribution in [0.2, 0.25) is 0 Å². The average molecular weight is 357 g/mol. The second-order valence-electron chi connectivity index (χ2n) is 6.18. The third-order valence-corrected chi connectivity index (χ3v) is 5.38. The maximum absolute atomic E-state index is 11.0. The van der Waals surface area contributed by atoms with E-state index in [1.165, 1.54) is 10.5 Å². The Bertz CT molecular complexity index is 717. The number of benzene rings is 2. The van der Waals surface area contributed by atoms with Crippen LogP contribution in [0.3, 0.4) is 0 Å². The SMILES string of the molecule is CSc1ccccc1COc1ccc(N2CCC[C@H]2CC(=O)O)cc1. The number of hydrogen-bond donors (Lipinski definition) is 1. The highest BCUT2D eigenvalue weighted by Gasteiger charge is 2.26. The lowest BCUT2D eigenvalue weighted by Crippen LogP contribution is -2.31. The standard InChI is InChI=1S/C20H23NO3S/c1-25-19-7-3-2-5-15(19)14-24-18-10-8-16(9-11-18)21-12-4-6-17(21)13-20(22)23/h2-3,5,7-11,17H,4,6,12-14H2,1H3,(H,22,23)/t17-/m0/s1. The Morgan fingerprint density at radius 1 is 1.24 bits per heavy atom. The summed E-state index contributed by atoms with van der Waals surface area (Å²) in [5.41, 5.74) is 2.25. The second-order valence-corrected chi connectivity index (χ2v) is 7.03. The number of anilines is 1. The summed E-state index contributed by atoms with van der Waals surface area (Å²) >= 11 is 1.72. The second kappa shape index (κ2) is 8.30. The molecule has 1 N–H and O–H groups in total. The lowest BCUT2D eigenvalue weighted by molar-refractivity contribution is -0.137. The molecule has 3 rings (SSSR count). The van der Waals surface area contributed by atoms with Crippen LogP contribution >= 0.6 is 11.8 Å². The first-order valence-electron chi connectivity index (χ1n) is 8.50. The van der Waals surface area contributed by atoms with Gasteiger partial charge in [-0.2, -0.15) is 0 Å². The predicted octanol–water partition coefficient (Wildman–Crippen LogP) is 4.43. The highest BCUT2D eigenvalue weighted by Crippen LogP contribution is 2.29. The van der Waals surface area contributed by atoms with Gasteiger partial charge in [0.1, 0.15) is 12.4 Å². The Morgan fingerprint density at radius 3 is 2.72 bits per heavy atom. The molecule has 0 spiro atoms. The van der Waals surface area contributed by atoms with E-state index in [9.17, 15) is 4.79 Å². The zero-order valence-corrected chi connectivity index (χ0v) is 15.2. The molecule has 0 unspecified atom stereocenters. The molecule has 2 aromatic carbocycles. The van der Waals surface area contributed by atoms with Crippen molar-refractivity contribution in [2.75, 3.05) is 17.7 Å². The Hall–Kier alpha value is -2.14. The van der Waals surface area contributed by atoms with Crippen molar-refractivity contribution in [1.82, 2.24) is 0 Å². The van der Waals surface area contributed by atoms with Crippen molar-refractivity contribution >= 4 is 23.4 Å². The summed E-state index contributed by atoms with van der Waals surface area (Å²) in [5.74, 6) is 0.0953. The zero-order valence-electron chi connectivity index (χ0n) is 14.4. The van der Waals surface area contributed by atoms with Crippen molar-refractivity contribution in [3.8, 4) is 5.75 Å². The molecule has 1 atom stereocenters. The van der Waals surface area contributed by atoms with Gasteiger partial charge in [-0.15, -0.1) is 11.8 Å². The van der Waals surface area contributed by atoms with Crippen molar-refractivity contribution in [3.05, 3.63) is 54.1 Å². The quantitative estimate of drug-likeness (QED) is 0.743. The van der Waals surface area contributed by atoms with E-state index < -0.39 is 5.97 Å². The van der Waals surface area contributed by atoms with Crippen LogP contribution in [-0.4, -0.2) is 29.9 Å². The van der Waals surface area contributed by atoms with Crippen LogP contribution in [0.1, 0.15) is 24.8 Å². The number of ether oxygens (including phenoxy) is 1. The summed E-state index contributed by atoms with van der Waals surface area (Å²) in [6.45, 7) is 1.46. The topological polar surface area (TPSA) is 49.8 Å². The molecule has 1 heterocycles. The Balaban J connectivity index is 1.63.